The largest absolute Gasteiger partial charge is 0.490 e. The molecule has 17 heavy (non-hydrogen) atoms. The smallest absolute Gasteiger partial charge is 0.200 e. The van der Waals surface area contributed by atoms with Gasteiger partial charge in [0.25, 0.3) is 0 Å². The maximum absolute atomic E-state index is 12.2. The highest BCUT2D eigenvalue weighted by molar-refractivity contribution is 5.98. The maximum atomic E-state index is 12.2. The van der Waals surface area contributed by atoms with Crippen LogP contribution in [-0.4, -0.2) is 12.4 Å². The van der Waals surface area contributed by atoms with Crippen molar-refractivity contribution in [1.82, 2.24) is 0 Å². The summed E-state index contributed by atoms with van der Waals surface area (Å²) >= 11 is 0. The second kappa shape index (κ2) is 4.36. The Morgan fingerprint density at radius 1 is 1.24 bits per heavy atom. The Balaban J connectivity index is 1.68. The van der Waals surface area contributed by atoms with Gasteiger partial charge in [0.05, 0.1) is 6.61 Å². The van der Waals surface area contributed by atoms with Crippen molar-refractivity contribution in [2.75, 3.05) is 6.61 Å². The molecule has 1 aromatic rings. The van der Waals surface area contributed by atoms with Crippen LogP contribution in [-0.2, 0) is 9.53 Å². The fraction of sp³-hybridized carbons (Fsp3) is 0.400. The Kier molecular flexibility index (Phi) is 2.71. The van der Waals surface area contributed by atoms with Crippen molar-refractivity contribution in [2.45, 2.75) is 25.2 Å². The number of Topliss-reactive ketones (excluding diaryl/α,β-unsaturated/α-hetero) is 1. The van der Waals surface area contributed by atoms with Crippen molar-refractivity contribution >= 4 is 5.78 Å². The Morgan fingerprint density at radius 3 is 2.76 bits per heavy atom. The topological polar surface area (TPSA) is 26.3 Å². The lowest BCUT2D eigenvalue weighted by molar-refractivity contribution is -0.120. The average molecular weight is 228 g/mol. The Morgan fingerprint density at radius 2 is 2.06 bits per heavy atom. The molecule has 0 spiro atoms. The SMILES string of the molecule is O=C(C1=CCCCO1)C1CC1c1ccccc1. The molecule has 0 N–H and O–H groups in total. The first-order chi connectivity index (χ1) is 8.36. The molecular formula is C15H16O2. The lowest BCUT2D eigenvalue weighted by atomic mass is 10.1. The second-order valence-corrected chi connectivity index (χ2v) is 4.78. The van der Waals surface area contributed by atoms with Gasteiger partial charge in [0.15, 0.2) is 5.76 Å². The van der Waals surface area contributed by atoms with Crippen molar-refractivity contribution in [1.29, 1.82) is 0 Å². The normalized spacial score (nSPS) is 26.9. The van der Waals surface area contributed by atoms with Gasteiger partial charge < -0.3 is 4.74 Å². The van der Waals surface area contributed by atoms with Crippen LogP contribution in [0.1, 0.15) is 30.7 Å². The number of ether oxygens (including phenoxy) is 1. The third-order valence-corrected chi connectivity index (χ3v) is 3.53. The van der Waals surface area contributed by atoms with E-state index in [0.717, 1.165) is 19.3 Å². The lowest BCUT2D eigenvalue weighted by Crippen LogP contribution is -2.13. The lowest BCUT2D eigenvalue weighted by Gasteiger charge is -2.13. The van der Waals surface area contributed by atoms with Crippen molar-refractivity contribution < 1.29 is 9.53 Å². The van der Waals surface area contributed by atoms with Crippen LogP contribution in [0, 0.1) is 5.92 Å². The van der Waals surface area contributed by atoms with Crippen LogP contribution in [0.25, 0.3) is 0 Å². The van der Waals surface area contributed by atoms with Crippen LogP contribution < -0.4 is 0 Å². The number of ketones is 1. The summed E-state index contributed by atoms with van der Waals surface area (Å²) < 4.78 is 5.44. The van der Waals surface area contributed by atoms with Gasteiger partial charge in [-0.15, -0.1) is 0 Å². The van der Waals surface area contributed by atoms with Gasteiger partial charge in [-0.3, -0.25) is 4.79 Å². The number of hydrogen-bond donors (Lipinski definition) is 0. The summed E-state index contributed by atoms with van der Waals surface area (Å²) in [7, 11) is 0. The molecule has 0 bridgehead atoms. The standard InChI is InChI=1S/C15H16O2/c16-15(14-8-4-5-9-17-14)13-10-12(13)11-6-2-1-3-7-11/h1-3,6-8,12-13H,4-5,9-10H2. The fourth-order valence-corrected chi connectivity index (χ4v) is 2.47. The van der Waals surface area contributed by atoms with Crippen LogP contribution in [0.4, 0.5) is 0 Å². The van der Waals surface area contributed by atoms with E-state index < -0.39 is 0 Å². The van der Waals surface area contributed by atoms with Gasteiger partial charge in [0.2, 0.25) is 5.78 Å². The summed E-state index contributed by atoms with van der Waals surface area (Å²) in [5.41, 5.74) is 1.28. The van der Waals surface area contributed by atoms with Crippen molar-refractivity contribution in [3.63, 3.8) is 0 Å². The molecule has 88 valence electrons. The van der Waals surface area contributed by atoms with E-state index in [1.165, 1.54) is 5.56 Å². The summed E-state index contributed by atoms with van der Waals surface area (Å²) in [5, 5.41) is 0. The number of carbonyl (C=O) groups excluding carboxylic acids is 1. The highest BCUT2D eigenvalue weighted by Crippen LogP contribution is 2.49. The Bertz CT molecular complexity index is 447. The van der Waals surface area contributed by atoms with Crippen LogP contribution in [0.3, 0.4) is 0 Å². The van der Waals surface area contributed by atoms with Crippen LogP contribution in [0.5, 0.6) is 0 Å². The maximum Gasteiger partial charge on any atom is 0.200 e. The Labute approximate surface area is 101 Å². The number of carbonyl (C=O) groups is 1. The van der Waals surface area contributed by atoms with Crippen LogP contribution in [0.15, 0.2) is 42.2 Å². The first-order valence-corrected chi connectivity index (χ1v) is 6.28. The molecule has 2 nitrogen and oxygen atoms in total. The van der Waals surface area contributed by atoms with Crippen LogP contribution >= 0.6 is 0 Å². The predicted molar refractivity (Wildman–Crippen MR) is 65.6 cm³/mol. The fourth-order valence-electron chi connectivity index (χ4n) is 2.47. The van der Waals surface area contributed by atoms with Gasteiger partial charge in [-0.1, -0.05) is 30.3 Å². The van der Waals surface area contributed by atoms with E-state index in [4.69, 9.17) is 4.74 Å². The molecule has 1 aliphatic carbocycles. The average Bonchev–Trinajstić information content (AvgIpc) is 3.20. The molecule has 2 unspecified atom stereocenters. The molecule has 1 aromatic carbocycles. The Hall–Kier alpha value is -1.57. The molecule has 2 atom stereocenters. The third kappa shape index (κ3) is 2.12. The summed E-state index contributed by atoms with van der Waals surface area (Å²) in [6, 6.07) is 10.3. The molecule has 0 radical (unpaired) electrons. The first-order valence-electron chi connectivity index (χ1n) is 6.28. The second-order valence-electron chi connectivity index (χ2n) is 4.78. The van der Waals surface area contributed by atoms with E-state index in [0.29, 0.717) is 18.3 Å². The van der Waals surface area contributed by atoms with Crippen molar-refractivity contribution in [3.05, 3.63) is 47.7 Å². The molecule has 1 heterocycles. The minimum absolute atomic E-state index is 0.154. The highest BCUT2D eigenvalue weighted by atomic mass is 16.5. The number of allylic oxidation sites excluding steroid dienone is 2. The first kappa shape index (κ1) is 10.6. The van der Waals surface area contributed by atoms with Gasteiger partial charge >= 0.3 is 0 Å². The highest BCUT2D eigenvalue weighted by Gasteiger charge is 2.45. The number of benzene rings is 1. The van der Waals surface area contributed by atoms with E-state index in [9.17, 15) is 4.79 Å². The van der Waals surface area contributed by atoms with E-state index in [1.807, 2.05) is 24.3 Å². The summed E-state index contributed by atoms with van der Waals surface area (Å²) in [6.45, 7) is 0.695. The zero-order valence-electron chi connectivity index (χ0n) is 9.76. The molecule has 1 fully saturated rings. The van der Waals surface area contributed by atoms with Gasteiger partial charge in [-0.2, -0.15) is 0 Å². The van der Waals surface area contributed by atoms with E-state index in [2.05, 4.69) is 12.1 Å². The zero-order valence-corrected chi connectivity index (χ0v) is 9.76. The molecular weight excluding hydrogens is 212 g/mol. The van der Waals surface area contributed by atoms with E-state index >= 15 is 0 Å². The van der Waals surface area contributed by atoms with Gasteiger partial charge in [0, 0.05) is 5.92 Å². The summed E-state index contributed by atoms with van der Waals surface area (Å²) in [4.78, 5) is 12.2. The summed E-state index contributed by atoms with van der Waals surface area (Å²) in [5.74, 6) is 1.38. The number of hydrogen-bond acceptors (Lipinski definition) is 2. The third-order valence-electron chi connectivity index (χ3n) is 3.53. The minimum atomic E-state index is 0.154. The number of rotatable bonds is 3. The molecule has 1 saturated carbocycles. The molecule has 0 amide bonds. The van der Waals surface area contributed by atoms with Crippen molar-refractivity contribution in [3.8, 4) is 0 Å². The molecule has 2 heteroatoms. The van der Waals surface area contributed by atoms with Gasteiger partial charge in [-0.05, 0) is 36.8 Å². The zero-order chi connectivity index (χ0) is 11.7. The van der Waals surface area contributed by atoms with Crippen LogP contribution in [0.2, 0.25) is 0 Å². The minimum Gasteiger partial charge on any atom is -0.490 e. The molecule has 3 rings (SSSR count). The molecule has 0 aromatic heterocycles. The predicted octanol–water partition coefficient (Wildman–Crippen LogP) is 3.05. The van der Waals surface area contributed by atoms with Gasteiger partial charge in [0.1, 0.15) is 0 Å². The van der Waals surface area contributed by atoms with Crippen molar-refractivity contribution in [2.24, 2.45) is 5.92 Å². The quantitative estimate of drug-likeness (QED) is 0.794. The molecule has 2 aliphatic rings. The monoisotopic (exact) mass is 228 g/mol. The summed E-state index contributed by atoms with van der Waals surface area (Å²) in [6.07, 6.45) is 4.93. The van der Waals surface area contributed by atoms with E-state index in [-0.39, 0.29) is 11.7 Å². The van der Waals surface area contributed by atoms with Gasteiger partial charge in [-0.25, -0.2) is 0 Å². The molecule has 0 saturated heterocycles. The molecule has 1 aliphatic heterocycles. The van der Waals surface area contributed by atoms with E-state index in [1.54, 1.807) is 0 Å².